The van der Waals surface area contributed by atoms with Gasteiger partial charge in [-0.15, -0.1) is 11.3 Å². The molecule has 0 aliphatic carbocycles. The summed E-state index contributed by atoms with van der Waals surface area (Å²) in [6, 6.07) is 0. The molecule has 0 radical (unpaired) electrons. The monoisotopic (exact) mass is 327 g/mol. The quantitative estimate of drug-likeness (QED) is 0.342. The normalized spacial score (nSPS) is 11.5. The van der Waals surface area contributed by atoms with E-state index in [1.807, 2.05) is 5.38 Å². The standard InChI is InChI=1S/C14H25N5O2S/c1-11(20)16-7-5-3-4-6-12-10-22-14(18-12)19-13(15)17-8-9-21-2/h10H,3-9H2,1-2H3,(H,16,20)(H3,15,17,18,19). The number of unbranched alkanes of at least 4 members (excludes halogenated alkanes) is 2. The Kier molecular flexibility index (Phi) is 9.17. The molecule has 0 aliphatic rings. The zero-order chi connectivity index (χ0) is 16.2. The minimum absolute atomic E-state index is 0.0277. The largest absolute Gasteiger partial charge is 0.383 e. The lowest BCUT2D eigenvalue weighted by Crippen LogP contribution is -2.23. The molecule has 4 N–H and O–H groups in total. The molecule has 0 aliphatic heterocycles. The first-order chi connectivity index (χ1) is 10.6. The number of aliphatic imine (C=N–C) groups is 1. The molecule has 1 amide bonds. The van der Waals surface area contributed by atoms with Crippen molar-refractivity contribution in [3.05, 3.63) is 11.1 Å². The molecule has 1 heterocycles. The van der Waals surface area contributed by atoms with E-state index >= 15 is 0 Å². The highest BCUT2D eigenvalue weighted by molar-refractivity contribution is 7.13. The fourth-order valence-corrected chi connectivity index (χ4v) is 2.51. The Morgan fingerprint density at radius 2 is 2.27 bits per heavy atom. The summed E-state index contributed by atoms with van der Waals surface area (Å²) in [5.41, 5.74) is 6.80. The molecule has 22 heavy (non-hydrogen) atoms. The van der Waals surface area contributed by atoms with Crippen LogP contribution in [0.2, 0.25) is 0 Å². The van der Waals surface area contributed by atoms with Crippen molar-refractivity contribution in [3.63, 3.8) is 0 Å². The van der Waals surface area contributed by atoms with Crippen LogP contribution < -0.4 is 16.4 Å². The maximum Gasteiger partial charge on any atom is 0.216 e. The van der Waals surface area contributed by atoms with Gasteiger partial charge in [-0.25, -0.2) is 4.98 Å². The van der Waals surface area contributed by atoms with Crippen molar-refractivity contribution in [1.82, 2.24) is 10.3 Å². The molecule has 0 saturated heterocycles. The predicted molar refractivity (Wildman–Crippen MR) is 90.3 cm³/mol. The number of aryl methyl sites for hydroxylation is 1. The summed E-state index contributed by atoms with van der Waals surface area (Å²) >= 11 is 1.52. The summed E-state index contributed by atoms with van der Waals surface area (Å²) in [6.07, 6.45) is 4.05. The van der Waals surface area contributed by atoms with Gasteiger partial charge in [-0.05, 0) is 19.3 Å². The molecule has 8 heteroatoms. The van der Waals surface area contributed by atoms with E-state index in [2.05, 4.69) is 20.6 Å². The average molecular weight is 327 g/mol. The van der Waals surface area contributed by atoms with Gasteiger partial charge < -0.3 is 21.1 Å². The molecule has 0 aromatic carbocycles. The number of methoxy groups -OCH3 is 1. The molecule has 7 nitrogen and oxygen atoms in total. The topological polar surface area (TPSA) is 102 Å². The van der Waals surface area contributed by atoms with E-state index in [-0.39, 0.29) is 5.91 Å². The number of nitrogens with zero attached hydrogens (tertiary/aromatic N) is 2. The lowest BCUT2D eigenvalue weighted by molar-refractivity contribution is -0.118. The Balaban J connectivity index is 2.21. The van der Waals surface area contributed by atoms with Crippen LogP contribution in [0.15, 0.2) is 10.4 Å². The number of hydrogen-bond donors (Lipinski definition) is 3. The van der Waals surface area contributed by atoms with Crippen LogP contribution in [-0.2, 0) is 16.0 Å². The van der Waals surface area contributed by atoms with Gasteiger partial charge in [0.05, 0.1) is 18.8 Å². The molecule has 124 valence electrons. The summed E-state index contributed by atoms with van der Waals surface area (Å²) in [5, 5.41) is 8.55. The minimum Gasteiger partial charge on any atom is -0.383 e. The second kappa shape index (κ2) is 11.0. The van der Waals surface area contributed by atoms with Crippen LogP contribution in [-0.4, -0.2) is 43.7 Å². The highest BCUT2D eigenvalue weighted by atomic mass is 32.1. The molecule has 0 unspecified atom stereocenters. The van der Waals surface area contributed by atoms with Crippen molar-refractivity contribution >= 4 is 28.3 Å². The number of amides is 1. The summed E-state index contributed by atoms with van der Waals surface area (Å²) in [5.74, 6) is 0.383. The Labute approximate surface area is 135 Å². The number of carbonyl (C=O) groups excluding carboxylic acids is 1. The van der Waals surface area contributed by atoms with Gasteiger partial charge in [-0.3, -0.25) is 9.79 Å². The summed E-state index contributed by atoms with van der Waals surface area (Å²) < 4.78 is 4.91. The Morgan fingerprint density at radius 1 is 1.45 bits per heavy atom. The Hall–Kier alpha value is -1.67. The lowest BCUT2D eigenvalue weighted by Gasteiger charge is -2.02. The number of aromatic nitrogens is 1. The Morgan fingerprint density at radius 3 is 3.00 bits per heavy atom. The van der Waals surface area contributed by atoms with Gasteiger partial charge in [0.15, 0.2) is 11.1 Å². The van der Waals surface area contributed by atoms with E-state index in [0.717, 1.165) is 43.1 Å². The van der Waals surface area contributed by atoms with Crippen molar-refractivity contribution in [2.45, 2.75) is 32.6 Å². The SMILES string of the molecule is COCCN=C(N)Nc1nc(CCCCCNC(C)=O)cs1. The van der Waals surface area contributed by atoms with Crippen LogP contribution in [0.5, 0.6) is 0 Å². The van der Waals surface area contributed by atoms with E-state index in [1.165, 1.54) is 18.3 Å². The van der Waals surface area contributed by atoms with Crippen molar-refractivity contribution < 1.29 is 9.53 Å². The number of thiazole rings is 1. The third-order valence-corrected chi connectivity index (χ3v) is 3.65. The molecule has 0 fully saturated rings. The molecular formula is C14H25N5O2S. The van der Waals surface area contributed by atoms with E-state index < -0.39 is 0 Å². The first-order valence-electron chi connectivity index (χ1n) is 7.36. The maximum absolute atomic E-state index is 10.7. The molecule has 0 bridgehead atoms. The van der Waals surface area contributed by atoms with Gasteiger partial charge in [-0.1, -0.05) is 6.42 Å². The first-order valence-corrected chi connectivity index (χ1v) is 8.24. The van der Waals surface area contributed by atoms with Crippen LogP contribution in [0.3, 0.4) is 0 Å². The molecule has 0 saturated carbocycles. The van der Waals surface area contributed by atoms with Gasteiger partial charge in [0.2, 0.25) is 5.91 Å². The van der Waals surface area contributed by atoms with E-state index in [9.17, 15) is 4.79 Å². The fourth-order valence-electron chi connectivity index (χ4n) is 1.76. The number of hydrogen-bond acceptors (Lipinski definition) is 5. The second-order valence-electron chi connectivity index (χ2n) is 4.82. The Bertz CT molecular complexity index is 476. The zero-order valence-corrected chi connectivity index (χ0v) is 14.0. The number of ether oxygens (including phenoxy) is 1. The molecule has 1 aromatic rings. The van der Waals surface area contributed by atoms with Crippen LogP contribution in [0.4, 0.5) is 5.13 Å². The van der Waals surface area contributed by atoms with Crippen LogP contribution in [0.25, 0.3) is 0 Å². The highest BCUT2D eigenvalue weighted by Crippen LogP contribution is 2.16. The third-order valence-electron chi connectivity index (χ3n) is 2.85. The molecule has 0 spiro atoms. The van der Waals surface area contributed by atoms with Crippen LogP contribution in [0.1, 0.15) is 31.9 Å². The number of guanidine groups is 1. The van der Waals surface area contributed by atoms with Crippen LogP contribution in [0, 0.1) is 0 Å². The maximum atomic E-state index is 10.7. The van der Waals surface area contributed by atoms with Gasteiger partial charge in [0.1, 0.15) is 0 Å². The molecular weight excluding hydrogens is 302 g/mol. The fraction of sp³-hybridized carbons (Fsp3) is 0.643. The number of nitrogens with two attached hydrogens (primary N) is 1. The smallest absolute Gasteiger partial charge is 0.216 e. The molecule has 1 rings (SSSR count). The van der Waals surface area contributed by atoms with Crippen LogP contribution >= 0.6 is 11.3 Å². The van der Waals surface area contributed by atoms with E-state index in [0.29, 0.717) is 19.1 Å². The number of carbonyl (C=O) groups is 1. The van der Waals surface area contributed by atoms with E-state index in [4.69, 9.17) is 10.5 Å². The molecule has 1 aromatic heterocycles. The summed E-state index contributed by atoms with van der Waals surface area (Å²) in [7, 11) is 1.63. The minimum atomic E-state index is 0.0277. The average Bonchev–Trinajstić information content (AvgIpc) is 2.90. The van der Waals surface area contributed by atoms with Crippen molar-refractivity contribution in [1.29, 1.82) is 0 Å². The van der Waals surface area contributed by atoms with Crippen molar-refractivity contribution in [2.75, 3.05) is 32.1 Å². The molecule has 0 atom stereocenters. The summed E-state index contributed by atoms with van der Waals surface area (Å²) in [6.45, 7) is 3.35. The first kappa shape index (κ1) is 18.4. The van der Waals surface area contributed by atoms with Gasteiger partial charge in [0, 0.05) is 26.0 Å². The van der Waals surface area contributed by atoms with Crippen molar-refractivity contribution in [2.24, 2.45) is 10.7 Å². The lowest BCUT2D eigenvalue weighted by atomic mass is 10.1. The number of anilines is 1. The van der Waals surface area contributed by atoms with Crippen molar-refractivity contribution in [3.8, 4) is 0 Å². The predicted octanol–water partition coefficient (Wildman–Crippen LogP) is 1.36. The second-order valence-corrected chi connectivity index (χ2v) is 5.68. The highest BCUT2D eigenvalue weighted by Gasteiger charge is 2.03. The third kappa shape index (κ3) is 8.58. The summed E-state index contributed by atoms with van der Waals surface area (Å²) in [4.78, 5) is 19.3. The van der Waals surface area contributed by atoms with Gasteiger partial charge >= 0.3 is 0 Å². The number of nitrogens with one attached hydrogen (secondary N) is 2. The number of rotatable bonds is 10. The zero-order valence-electron chi connectivity index (χ0n) is 13.2. The van der Waals surface area contributed by atoms with Gasteiger partial charge in [-0.2, -0.15) is 0 Å². The van der Waals surface area contributed by atoms with Gasteiger partial charge in [0.25, 0.3) is 0 Å². The van der Waals surface area contributed by atoms with E-state index in [1.54, 1.807) is 7.11 Å².